The third-order valence-corrected chi connectivity index (χ3v) is 3.25. The van der Waals surface area contributed by atoms with E-state index in [1.807, 2.05) is 0 Å². The molecule has 0 unspecified atom stereocenters. The van der Waals surface area contributed by atoms with Crippen molar-refractivity contribution in [2.45, 2.75) is 46.2 Å². The number of likely N-dealkylation sites (N-methyl/N-ethyl adjacent to an activating group) is 1. The van der Waals surface area contributed by atoms with Crippen LogP contribution < -0.4 is 0 Å². The monoisotopic (exact) mass is 184 g/mol. The Hall–Kier alpha value is -0.0800. The molecular formula is C11H24N2. The fourth-order valence-corrected chi connectivity index (χ4v) is 2.28. The summed E-state index contributed by atoms with van der Waals surface area (Å²) in [6, 6.07) is 1.54. The van der Waals surface area contributed by atoms with E-state index in [1.54, 1.807) is 0 Å². The normalized spacial score (nSPS) is 24.9. The minimum atomic E-state index is 0.723. The third-order valence-electron chi connectivity index (χ3n) is 3.25. The second-order valence-corrected chi connectivity index (χ2v) is 4.25. The molecular weight excluding hydrogens is 160 g/mol. The van der Waals surface area contributed by atoms with Gasteiger partial charge in [0.05, 0.1) is 0 Å². The summed E-state index contributed by atoms with van der Waals surface area (Å²) in [5.41, 5.74) is 0. The van der Waals surface area contributed by atoms with Gasteiger partial charge in [0.25, 0.3) is 0 Å². The van der Waals surface area contributed by atoms with Crippen LogP contribution in [-0.2, 0) is 0 Å². The standard InChI is InChI=1S/C11H24N2/c1-5-12(6-2)11-7-8-13(9-11)10(3)4/h10-11H,5-9H2,1-4H3/t11-/m1/s1. The van der Waals surface area contributed by atoms with Crippen molar-refractivity contribution in [3.8, 4) is 0 Å². The Kier molecular flexibility index (Phi) is 4.20. The summed E-state index contributed by atoms with van der Waals surface area (Å²) in [5, 5.41) is 0. The summed E-state index contributed by atoms with van der Waals surface area (Å²) >= 11 is 0. The second kappa shape index (κ2) is 4.97. The van der Waals surface area contributed by atoms with Crippen molar-refractivity contribution in [3.63, 3.8) is 0 Å². The first-order valence-electron chi connectivity index (χ1n) is 5.67. The van der Waals surface area contributed by atoms with Crippen LogP contribution in [0.25, 0.3) is 0 Å². The highest BCUT2D eigenvalue weighted by molar-refractivity contribution is 4.83. The Labute approximate surface area is 82.9 Å². The molecule has 2 nitrogen and oxygen atoms in total. The van der Waals surface area contributed by atoms with E-state index in [2.05, 4.69) is 37.5 Å². The van der Waals surface area contributed by atoms with Crippen molar-refractivity contribution >= 4 is 0 Å². The van der Waals surface area contributed by atoms with Gasteiger partial charge in [-0.3, -0.25) is 9.80 Å². The smallest absolute Gasteiger partial charge is 0.0235 e. The van der Waals surface area contributed by atoms with Gasteiger partial charge in [-0.05, 0) is 33.4 Å². The van der Waals surface area contributed by atoms with Gasteiger partial charge in [0, 0.05) is 25.2 Å². The lowest BCUT2D eigenvalue weighted by atomic mass is 10.2. The number of rotatable bonds is 4. The summed E-state index contributed by atoms with van der Waals surface area (Å²) in [6.07, 6.45) is 1.36. The van der Waals surface area contributed by atoms with E-state index in [1.165, 1.54) is 32.6 Å². The minimum absolute atomic E-state index is 0.723. The Morgan fingerprint density at radius 3 is 2.31 bits per heavy atom. The Balaban J connectivity index is 2.39. The Bertz CT molecular complexity index is 141. The van der Waals surface area contributed by atoms with Crippen molar-refractivity contribution in [2.24, 2.45) is 0 Å². The zero-order valence-electron chi connectivity index (χ0n) is 9.58. The van der Waals surface area contributed by atoms with Crippen LogP contribution >= 0.6 is 0 Å². The van der Waals surface area contributed by atoms with Crippen LogP contribution in [0, 0.1) is 0 Å². The molecule has 1 aliphatic heterocycles. The maximum atomic E-state index is 2.59. The van der Waals surface area contributed by atoms with Gasteiger partial charge in [-0.15, -0.1) is 0 Å². The van der Waals surface area contributed by atoms with E-state index in [-0.39, 0.29) is 0 Å². The molecule has 0 spiro atoms. The SMILES string of the molecule is CCN(CC)[C@@H]1CCN(C(C)C)C1. The highest BCUT2D eigenvalue weighted by Crippen LogP contribution is 2.17. The molecule has 0 aromatic heterocycles. The summed E-state index contributed by atoms with van der Waals surface area (Å²) in [7, 11) is 0. The lowest BCUT2D eigenvalue weighted by molar-refractivity contribution is 0.198. The quantitative estimate of drug-likeness (QED) is 0.657. The molecule has 1 aliphatic rings. The molecule has 0 saturated carbocycles. The predicted molar refractivity (Wildman–Crippen MR) is 58.0 cm³/mol. The molecule has 0 N–H and O–H groups in total. The summed E-state index contributed by atoms with van der Waals surface area (Å²) < 4.78 is 0. The van der Waals surface area contributed by atoms with Gasteiger partial charge in [0.1, 0.15) is 0 Å². The highest BCUT2D eigenvalue weighted by Gasteiger charge is 2.26. The van der Waals surface area contributed by atoms with Crippen LogP contribution in [0.3, 0.4) is 0 Å². The molecule has 78 valence electrons. The summed E-state index contributed by atoms with van der Waals surface area (Å²) in [5.74, 6) is 0. The molecule has 0 aromatic rings. The van der Waals surface area contributed by atoms with E-state index >= 15 is 0 Å². The molecule has 2 heteroatoms. The molecule has 0 radical (unpaired) electrons. The number of hydrogen-bond acceptors (Lipinski definition) is 2. The number of nitrogens with zero attached hydrogens (tertiary/aromatic N) is 2. The van der Waals surface area contributed by atoms with Gasteiger partial charge in [-0.25, -0.2) is 0 Å². The van der Waals surface area contributed by atoms with Gasteiger partial charge < -0.3 is 0 Å². The molecule has 0 aliphatic carbocycles. The predicted octanol–water partition coefficient (Wildman–Crippen LogP) is 1.81. The fraction of sp³-hybridized carbons (Fsp3) is 1.00. The molecule has 0 bridgehead atoms. The molecule has 1 atom stereocenters. The first-order valence-corrected chi connectivity index (χ1v) is 5.67. The zero-order valence-corrected chi connectivity index (χ0v) is 9.58. The zero-order chi connectivity index (χ0) is 9.84. The maximum absolute atomic E-state index is 2.59. The fourth-order valence-electron chi connectivity index (χ4n) is 2.28. The first kappa shape index (κ1) is 11.0. The van der Waals surface area contributed by atoms with Crippen LogP contribution in [-0.4, -0.2) is 48.1 Å². The minimum Gasteiger partial charge on any atom is -0.300 e. The van der Waals surface area contributed by atoms with Crippen LogP contribution in [0.2, 0.25) is 0 Å². The average Bonchev–Trinajstić information content (AvgIpc) is 2.56. The van der Waals surface area contributed by atoms with E-state index in [4.69, 9.17) is 0 Å². The van der Waals surface area contributed by atoms with Crippen molar-refractivity contribution in [3.05, 3.63) is 0 Å². The number of hydrogen-bond donors (Lipinski definition) is 0. The van der Waals surface area contributed by atoms with Crippen molar-refractivity contribution in [1.29, 1.82) is 0 Å². The van der Waals surface area contributed by atoms with E-state index in [0.29, 0.717) is 0 Å². The molecule has 1 fully saturated rings. The van der Waals surface area contributed by atoms with Gasteiger partial charge >= 0.3 is 0 Å². The molecule has 0 amide bonds. The van der Waals surface area contributed by atoms with Crippen molar-refractivity contribution in [2.75, 3.05) is 26.2 Å². The van der Waals surface area contributed by atoms with Crippen LogP contribution in [0.1, 0.15) is 34.1 Å². The first-order chi connectivity index (χ1) is 6.19. The second-order valence-electron chi connectivity index (χ2n) is 4.25. The molecule has 13 heavy (non-hydrogen) atoms. The third kappa shape index (κ3) is 2.68. The lowest BCUT2D eigenvalue weighted by Crippen LogP contribution is -2.38. The summed E-state index contributed by atoms with van der Waals surface area (Å²) in [6.45, 7) is 14.1. The Morgan fingerprint density at radius 2 is 1.92 bits per heavy atom. The molecule has 1 saturated heterocycles. The maximum Gasteiger partial charge on any atom is 0.0235 e. The average molecular weight is 184 g/mol. The number of likely N-dealkylation sites (tertiary alicyclic amines) is 1. The van der Waals surface area contributed by atoms with Crippen LogP contribution in [0.4, 0.5) is 0 Å². The van der Waals surface area contributed by atoms with Crippen molar-refractivity contribution in [1.82, 2.24) is 9.80 Å². The highest BCUT2D eigenvalue weighted by atomic mass is 15.3. The summed E-state index contributed by atoms with van der Waals surface area (Å²) in [4.78, 5) is 5.17. The van der Waals surface area contributed by atoms with Gasteiger partial charge in [-0.1, -0.05) is 13.8 Å². The van der Waals surface area contributed by atoms with Gasteiger partial charge in [0.15, 0.2) is 0 Å². The van der Waals surface area contributed by atoms with Gasteiger partial charge in [-0.2, -0.15) is 0 Å². The molecule has 0 aromatic carbocycles. The topological polar surface area (TPSA) is 6.48 Å². The van der Waals surface area contributed by atoms with Crippen LogP contribution in [0.5, 0.6) is 0 Å². The van der Waals surface area contributed by atoms with Gasteiger partial charge in [0.2, 0.25) is 0 Å². The molecule has 1 heterocycles. The lowest BCUT2D eigenvalue weighted by Gasteiger charge is -2.27. The molecule has 1 rings (SSSR count). The largest absolute Gasteiger partial charge is 0.300 e. The van der Waals surface area contributed by atoms with E-state index in [0.717, 1.165) is 12.1 Å². The Morgan fingerprint density at radius 1 is 1.31 bits per heavy atom. The van der Waals surface area contributed by atoms with Crippen molar-refractivity contribution < 1.29 is 0 Å². The van der Waals surface area contributed by atoms with Crippen LogP contribution in [0.15, 0.2) is 0 Å². The van der Waals surface area contributed by atoms with E-state index in [9.17, 15) is 0 Å². The van der Waals surface area contributed by atoms with E-state index < -0.39 is 0 Å².